The Balaban J connectivity index is 1.61. The predicted octanol–water partition coefficient (Wildman–Crippen LogP) is 4.73. The normalized spacial score (nSPS) is 10.3. The summed E-state index contributed by atoms with van der Waals surface area (Å²) in [7, 11) is 0. The zero-order valence-electron chi connectivity index (χ0n) is 13.0. The number of ketones is 1. The van der Waals surface area contributed by atoms with E-state index in [-0.39, 0.29) is 5.78 Å². The molecular weight excluding hydrogens is 332 g/mol. The Kier molecular flexibility index (Phi) is 7.30. The third-order valence-corrected chi connectivity index (χ3v) is 4.22. The Morgan fingerprint density at radius 1 is 1.00 bits per heavy atom. The number of ether oxygens (including phenoxy) is 2. The molecule has 122 valence electrons. The lowest BCUT2D eigenvalue weighted by Crippen LogP contribution is -2.06. The van der Waals surface area contributed by atoms with Gasteiger partial charge in [0.1, 0.15) is 11.5 Å². The molecule has 0 bridgehead atoms. The molecule has 0 saturated carbocycles. The first-order valence-corrected chi connectivity index (χ1v) is 8.89. The number of rotatable bonds is 9. The number of halogens is 1. The fraction of sp³-hybridized carbons (Fsp3) is 0.278. The van der Waals surface area contributed by atoms with Gasteiger partial charge in [0, 0.05) is 16.5 Å². The van der Waals surface area contributed by atoms with Gasteiger partial charge >= 0.3 is 0 Å². The van der Waals surface area contributed by atoms with Gasteiger partial charge in [0.2, 0.25) is 0 Å². The summed E-state index contributed by atoms with van der Waals surface area (Å²) in [6.45, 7) is 2.75. The molecule has 2 aromatic carbocycles. The van der Waals surface area contributed by atoms with Crippen molar-refractivity contribution in [2.24, 2.45) is 0 Å². The monoisotopic (exact) mass is 350 g/mol. The highest BCUT2D eigenvalue weighted by Crippen LogP contribution is 2.19. The van der Waals surface area contributed by atoms with Gasteiger partial charge in [0.05, 0.1) is 18.8 Å². The zero-order chi connectivity index (χ0) is 16.5. The van der Waals surface area contributed by atoms with Crippen LogP contribution in [0, 0.1) is 0 Å². The Morgan fingerprint density at radius 3 is 2.35 bits per heavy atom. The predicted molar refractivity (Wildman–Crippen MR) is 96.2 cm³/mol. The number of para-hydroxylation sites is 1. The van der Waals surface area contributed by atoms with E-state index < -0.39 is 0 Å². The first-order chi connectivity index (χ1) is 11.2. The fourth-order valence-corrected chi connectivity index (χ4v) is 2.68. The Labute approximate surface area is 145 Å². The third-order valence-electron chi connectivity index (χ3n) is 3.06. The van der Waals surface area contributed by atoms with Gasteiger partial charge in [-0.15, -0.1) is 0 Å². The van der Waals surface area contributed by atoms with Crippen molar-refractivity contribution in [2.75, 3.05) is 24.7 Å². The van der Waals surface area contributed by atoms with E-state index >= 15 is 0 Å². The van der Waals surface area contributed by atoms with Gasteiger partial charge < -0.3 is 9.47 Å². The number of thioether (sulfide) groups is 1. The Morgan fingerprint density at radius 2 is 1.65 bits per heavy atom. The van der Waals surface area contributed by atoms with Crippen molar-refractivity contribution >= 4 is 29.1 Å². The summed E-state index contributed by atoms with van der Waals surface area (Å²) in [6, 6.07) is 14.6. The molecule has 2 rings (SSSR count). The van der Waals surface area contributed by atoms with E-state index in [1.54, 1.807) is 24.8 Å². The lowest BCUT2D eigenvalue weighted by atomic mass is 10.1. The largest absolute Gasteiger partial charge is 0.493 e. The SMILES string of the molecule is CC(=O)c1ccccc1OCCSCCOc1ccc(Cl)cc1. The van der Waals surface area contributed by atoms with Crippen LogP contribution in [0.3, 0.4) is 0 Å². The van der Waals surface area contributed by atoms with Crippen LogP contribution in [0.5, 0.6) is 11.5 Å². The minimum absolute atomic E-state index is 0.0182. The van der Waals surface area contributed by atoms with E-state index in [0.717, 1.165) is 17.3 Å². The number of carbonyl (C=O) groups excluding carboxylic acids is 1. The average molecular weight is 351 g/mol. The molecule has 23 heavy (non-hydrogen) atoms. The van der Waals surface area contributed by atoms with Gasteiger partial charge in [-0.25, -0.2) is 0 Å². The second-order valence-electron chi connectivity index (χ2n) is 4.82. The van der Waals surface area contributed by atoms with Crippen molar-refractivity contribution in [3.8, 4) is 11.5 Å². The van der Waals surface area contributed by atoms with Crippen LogP contribution in [0.2, 0.25) is 5.02 Å². The number of carbonyl (C=O) groups is 1. The molecule has 0 aromatic heterocycles. The standard InChI is InChI=1S/C18H19ClO3S/c1-14(20)17-4-2-3-5-18(17)22-11-13-23-12-10-21-16-8-6-15(19)7-9-16/h2-9H,10-13H2,1H3. The number of hydrogen-bond donors (Lipinski definition) is 0. The van der Waals surface area contributed by atoms with Crippen molar-refractivity contribution in [1.29, 1.82) is 0 Å². The van der Waals surface area contributed by atoms with Crippen LogP contribution in [-0.2, 0) is 0 Å². The van der Waals surface area contributed by atoms with Gasteiger partial charge in [0.15, 0.2) is 5.78 Å². The molecule has 0 heterocycles. The van der Waals surface area contributed by atoms with E-state index in [2.05, 4.69) is 0 Å². The first-order valence-electron chi connectivity index (χ1n) is 7.35. The molecule has 0 aliphatic rings. The zero-order valence-corrected chi connectivity index (χ0v) is 14.5. The maximum Gasteiger partial charge on any atom is 0.163 e. The summed E-state index contributed by atoms with van der Waals surface area (Å²) in [5.41, 5.74) is 0.628. The van der Waals surface area contributed by atoms with Gasteiger partial charge in [0.25, 0.3) is 0 Å². The summed E-state index contributed by atoms with van der Waals surface area (Å²) in [4.78, 5) is 11.5. The average Bonchev–Trinajstić information content (AvgIpc) is 2.56. The van der Waals surface area contributed by atoms with Crippen molar-refractivity contribution in [1.82, 2.24) is 0 Å². The molecule has 0 N–H and O–H groups in total. The summed E-state index contributed by atoms with van der Waals surface area (Å²) < 4.78 is 11.3. The molecule has 0 aliphatic carbocycles. The quantitative estimate of drug-likeness (QED) is 0.483. The maximum atomic E-state index is 11.5. The van der Waals surface area contributed by atoms with Crippen molar-refractivity contribution in [3.05, 3.63) is 59.1 Å². The van der Waals surface area contributed by atoms with Gasteiger partial charge in [-0.05, 0) is 43.3 Å². The van der Waals surface area contributed by atoms with Crippen LogP contribution >= 0.6 is 23.4 Å². The topological polar surface area (TPSA) is 35.5 Å². The molecule has 0 radical (unpaired) electrons. The molecule has 0 aliphatic heterocycles. The van der Waals surface area contributed by atoms with E-state index in [1.807, 2.05) is 42.5 Å². The van der Waals surface area contributed by atoms with Crippen LogP contribution in [-0.4, -0.2) is 30.5 Å². The second-order valence-corrected chi connectivity index (χ2v) is 6.48. The molecule has 2 aromatic rings. The molecule has 0 amide bonds. The van der Waals surface area contributed by atoms with Crippen LogP contribution in [0.15, 0.2) is 48.5 Å². The number of benzene rings is 2. The first kappa shape index (κ1) is 17.7. The van der Waals surface area contributed by atoms with E-state index in [1.165, 1.54) is 0 Å². The lowest BCUT2D eigenvalue weighted by molar-refractivity contribution is 0.101. The molecule has 0 atom stereocenters. The van der Waals surface area contributed by atoms with Gasteiger partial charge in [-0.1, -0.05) is 23.7 Å². The number of Topliss-reactive ketones (excluding diaryl/α,β-unsaturated/α-hetero) is 1. The minimum Gasteiger partial charge on any atom is -0.493 e. The fourth-order valence-electron chi connectivity index (χ4n) is 1.95. The van der Waals surface area contributed by atoms with Crippen LogP contribution < -0.4 is 9.47 Å². The highest BCUT2D eigenvalue weighted by atomic mass is 35.5. The summed E-state index contributed by atoms with van der Waals surface area (Å²) in [6.07, 6.45) is 0. The lowest BCUT2D eigenvalue weighted by Gasteiger charge is -2.09. The highest BCUT2D eigenvalue weighted by Gasteiger charge is 2.06. The van der Waals surface area contributed by atoms with Crippen molar-refractivity contribution < 1.29 is 14.3 Å². The molecule has 3 nitrogen and oxygen atoms in total. The Hall–Kier alpha value is -1.65. The second kappa shape index (κ2) is 9.48. The van der Waals surface area contributed by atoms with Gasteiger partial charge in [-0.3, -0.25) is 4.79 Å². The molecule has 5 heteroatoms. The molecular formula is C18H19ClO3S. The molecule has 0 saturated heterocycles. The third kappa shape index (κ3) is 6.16. The van der Waals surface area contributed by atoms with E-state index in [9.17, 15) is 4.79 Å². The number of hydrogen-bond acceptors (Lipinski definition) is 4. The molecule has 0 unspecified atom stereocenters. The van der Waals surface area contributed by atoms with Crippen LogP contribution in [0.25, 0.3) is 0 Å². The highest BCUT2D eigenvalue weighted by molar-refractivity contribution is 7.99. The molecule has 0 fully saturated rings. The summed E-state index contributed by atoms with van der Waals surface area (Å²) in [5, 5.41) is 0.703. The van der Waals surface area contributed by atoms with Crippen molar-refractivity contribution in [2.45, 2.75) is 6.92 Å². The van der Waals surface area contributed by atoms with Gasteiger partial charge in [-0.2, -0.15) is 11.8 Å². The van der Waals surface area contributed by atoms with Crippen molar-refractivity contribution in [3.63, 3.8) is 0 Å². The summed E-state index contributed by atoms with van der Waals surface area (Å²) >= 11 is 7.56. The van der Waals surface area contributed by atoms with E-state index in [0.29, 0.717) is 29.5 Å². The maximum absolute atomic E-state index is 11.5. The van der Waals surface area contributed by atoms with Crippen LogP contribution in [0.1, 0.15) is 17.3 Å². The van der Waals surface area contributed by atoms with E-state index in [4.69, 9.17) is 21.1 Å². The minimum atomic E-state index is 0.0182. The van der Waals surface area contributed by atoms with Crippen LogP contribution in [0.4, 0.5) is 0 Å². The summed E-state index contributed by atoms with van der Waals surface area (Å²) in [5.74, 6) is 3.21. The smallest absolute Gasteiger partial charge is 0.163 e. The molecule has 0 spiro atoms. The Bertz CT molecular complexity index is 628.